The van der Waals surface area contributed by atoms with E-state index in [9.17, 15) is 15.3 Å². The molecule has 0 heterocycles. The van der Waals surface area contributed by atoms with Crippen LogP contribution in [0.3, 0.4) is 0 Å². The van der Waals surface area contributed by atoms with Gasteiger partial charge in [-0.2, -0.15) is 0 Å². The highest BCUT2D eigenvalue weighted by Gasteiger charge is 2.12. The maximum Gasteiger partial charge on any atom is 0.162 e. The molecule has 0 saturated carbocycles. The van der Waals surface area contributed by atoms with Gasteiger partial charge in [0.25, 0.3) is 0 Å². The minimum Gasteiger partial charge on any atom is -0.493 e. The monoisotopic (exact) mass is 769 g/mol. The molecule has 0 aromatic heterocycles. The van der Waals surface area contributed by atoms with Crippen LogP contribution in [-0.2, 0) is 0 Å². The van der Waals surface area contributed by atoms with E-state index in [1.165, 1.54) is 0 Å². The first-order valence-corrected chi connectivity index (χ1v) is 18.9. The first kappa shape index (κ1) is 48.8. The number of para-hydroxylation sites is 6. The van der Waals surface area contributed by atoms with Gasteiger partial charge >= 0.3 is 0 Å². The largest absolute Gasteiger partial charge is 0.493 e. The van der Waals surface area contributed by atoms with Crippen molar-refractivity contribution in [1.29, 1.82) is 0 Å². The predicted molar refractivity (Wildman–Crippen MR) is 220 cm³/mol. The van der Waals surface area contributed by atoms with Gasteiger partial charge in [0.05, 0.1) is 13.2 Å². The Hall–Kier alpha value is -4.22. The van der Waals surface area contributed by atoms with Gasteiger partial charge in [-0.05, 0) is 50.2 Å². The molecule has 12 heteroatoms. The number of nitrogens with one attached hydrogen (secondary N) is 3. The van der Waals surface area contributed by atoms with E-state index in [-0.39, 0.29) is 32.5 Å². The third-order valence-electron chi connectivity index (χ3n) is 7.02. The van der Waals surface area contributed by atoms with E-state index in [1.807, 2.05) is 116 Å². The van der Waals surface area contributed by atoms with Gasteiger partial charge in [-0.25, -0.2) is 0 Å². The molecule has 0 aliphatic carbocycles. The normalized spacial score (nSPS) is 12.4. The Morgan fingerprint density at radius 1 is 0.509 bits per heavy atom. The molecule has 0 radical (unpaired) electrons. The van der Waals surface area contributed by atoms with Crippen molar-refractivity contribution in [2.75, 3.05) is 53.2 Å². The van der Waals surface area contributed by atoms with Gasteiger partial charge < -0.3 is 59.7 Å². The molecule has 0 aliphatic heterocycles. The van der Waals surface area contributed by atoms with Crippen LogP contribution in [0, 0.1) is 12.3 Å². The fourth-order valence-corrected chi connectivity index (χ4v) is 4.32. The van der Waals surface area contributed by atoms with E-state index in [0.717, 1.165) is 0 Å². The summed E-state index contributed by atoms with van der Waals surface area (Å²) in [5.41, 5.74) is 0. The van der Waals surface area contributed by atoms with Gasteiger partial charge in [0, 0.05) is 37.8 Å². The van der Waals surface area contributed by atoms with E-state index < -0.39 is 18.3 Å². The molecular formula is C43H67N3O9. The second kappa shape index (κ2) is 29.1. The fourth-order valence-electron chi connectivity index (χ4n) is 4.32. The number of rotatable bonds is 23. The molecule has 3 aromatic carbocycles. The molecule has 3 rings (SSSR count). The first-order valence-electron chi connectivity index (χ1n) is 18.9. The zero-order chi connectivity index (χ0) is 41.0. The van der Waals surface area contributed by atoms with Crippen molar-refractivity contribution < 1.29 is 43.7 Å². The molecule has 3 unspecified atom stereocenters. The van der Waals surface area contributed by atoms with Crippen LogP contribution in [0.2, 0.25) is 0 Å². The maximum absolute atomic E-state index is 9.80. The van der Waals surface area contributed by atoms with Gasteiger partial charge in [0.1, 0.15) is 44.7 Å². The quantitative estimate of drug-likeness (QED) is 0.0714. The third-order valence-corrected chi connectivity index (χ3v) is 7.02. The molecule has 0 bridgehead atoms. The number of aliphatic hydroxyl groups is 3. The second-order valence-corrected chi connectivity index (χ2v) is 13.8. The smallest absolute Gasteiger partial charge is 0.162 e. The number of methoxy groups -OCH3 is 1. The highest BCUT2D eigenvalue weighted by Crippen LogP contribution is 2.28. The van der Waals surface area contributed by atoms with Crippen LogP contribution in [0.5, 0.6) is 34.5 Å². The molecule has 3 atom stereocenters. The van der Waals surface area contributed by atoms with Crippen molar-refractivity contribution in [1.82, 2.24) is 16.0 Å². The Kier molecular flexibility index (Phi) is 25.8. The lowest BCUT2D eigenvalue weighted by Crippen LogP contribution is -2.35. The van der Waals surface area contributed by atoms with Crippen molar-refractivity contribution in [3.8, 4) is 46.8 Å². The van der Waals surface area contributed by atoms with Crippen LogP contribution in [-0.4, -0.2) is 111 Å². The Balaban J connectivity index is 0.000000413. The first-order chi connectivity index (χ1) is 26.2. The van der Waals surface area contributed by atoms with E-state index in [4.69, 9.17) is 34.8 Å². The van der Waals surface area contributed by atoms with Crippen LogP contribution in [0.25, 0.3) is 0 Å². The summed E-state index contributed by atoms with van der Waals surface area (Å²) in [6, 6.07) is 23.2. The number of terminal acetylenes is 1. The summed E-state index contributed by atoms with van der Waals surface area (Å²) in [5, 5.41) is 38.7. The Morgan fingerprint density at radius 2 is 0.818 bits per heavy atom. The summed E-state index contributed by atoms with van der Waals surface area (Å²) < 4.78 is 32.8. The minimum absolute atomic E-state index is 0.0947. The molecule has 0 saturated heterocycles. The van der Waals surface area contributed by atoms with E-state index in [2.05, 4.69) is 21.9 Å². The van der Waals surface area contributed by atoms with Gasteiger partial charge in [-0.3, -0.25) is 0 Å². The molecule has 0 fully saturated rings. The zero-order valence-electron chi connectivity index (χ0n) is 34.3. The minimum atomic E-state index is -0.567. The summed E-state index contributed by atoms with van der Waals surface area (Å²) >= 11 is 0. The Labute approximate surface area is 329 Å². The molecule has 308 valence electrons. The molecule has 0 spiro atoms. The number of aliphatic hydroxyl groups excluding tert-OH is 3. The fraction of sp³-hybridized carbons (Fsp3) is 0.535. The van der Waals surface area contributed by atoms with Crippen molar-refractivity contribution in [3.05, 3.63) is 72.8 Å². The lowest BCUT2D eigenvalue weighted by Gasteiger charge is -2.17. The highest BCUT2D eigenvalue weighted by molar-refractivity contribution is 5.41. The summed E-state index contributed by atoms with van der Waals surface area (Å²) in [7, 11) is 1.60. The van der Waals surface area contributed by atoms with Crippen LogP contribution in [0.1, 0.15) is 55.4 Å². The van der Waals surface area contributed by atoms with E-state index in [0.29, 0.717) is 72.3 Å². The van der Waals surface area contributed by atoms with Crippen molar-refractivity contribution >= 4 is 0 Å². The summed E-state index contributed by atoms with van der Waals surface area (Å²) in [4.78, 5) is 0. The average molecular weight is 770 g/mol. The highest BCUT2D eigenvalue weighted by atomic mass is 16.5. The van der Waals surface area contributed by atoms with Crippen LogP contribution < -0.4 is 44.4 Å². The molecule has 55 heavy (non-hydrogen) atoms. The van der Waals surface area contributed by atoms with Crippen LogP contribution in [0.15, 0.2) is 72.8 Å². The van der Waals surface area contributed by atoms with Crippen molar-refractivity contribution in [2.24, 2.45) is 0 Å². The van der Waals surface area contributed by atoms with Gasteiger partial charge in [-0.1, -0.05) is 83.9 Å². The van der Waals surface area contributed by atoms with Crippen LogP contribution in [0.4, 0.5) is 0 Å². The van der Waals surface area contributed by atoms with Gasteiger partial charge in [-0.15, -0.1) is 6.42 Å². The third kappa shape index (κ3) is 24.0. The van der Waals surface area contributed by atoms with Gasteiger partial charge in [0.15, 0.2) is 34.5 Å². The molecule has 3 aromatic rings. The molecule has 0 aliphatic rings. The summed E-state index contributed by atoms with van der Waals surface area (Å²) in [5.74, 6) is 6.28. The zero-order valence-corrected chi connectivity index (χ0v) is 34.3. The Morgan fingerprint density at radius 3 is 1.15 bits per heavy atom. The average Bonchev–Trinajstić information content (AvgIpc) is 3.16. The second-order valence-electron chi connectivity index (χ2n) is 13.8. The van der Waals surface area contributed by atoms with E-state index in [1.54, 1.807) is 19.2 Å². The number of hydrogen-bond donors (Lipinski definition) is 6. The molecular weight excluding hydrogens is 702 g/mol. The maximum atomic E-state index is 9.80. The lowest BCUT2D eigenvalue weighted by atomic mass is 10.3. The standard InChI is InChI=1S/C15H25NO3.C15H21NO3.C13H21NO3/c1-11(2)16-9-13(17)10-18-14-7-5-6-8-15(14)19-12(3)4;1-4-9-18-14-7-5-6-8-15(14)19-11-13(17)10-16-12(2)3;1-10(2)14-8-11(15)9-17-13-7-5-4-6-12(13)16-3/h5-8,11-13,16-17H,9-10H2,1-4H3;1,5-8,12-13,16-17H,9-11H2,2-3H3;4-7,10-11,14-15H,8-9H2,1-3H3. The number of benzene rings is 3. The number of hydrogen-bond acceptors (Lipinski definition) is 12. The number of ether oxygens (including phenoxy) is 6. The van der Waals surface area contributed by atoms with Crippen LogP contribution >= 0.6 is 0 Å². The summed E-state index contributed by atoms with van der Waals surface area (Å²) in [6.07, 6.45) is 3.62. The van der Waals surface area contributed by atoms with Gasteiger partial charge in [0.2, 0.25) is 0 Å². The van der Waals surface area contributed by atoms with E-state index >= 15 is 0 Å². The molecule has 12 nitrogen and oxygen atoms in total. The SMILES string of the molecule is C#CCOc1ccccc1OCC(O)CNC(C)C.CC(C)NCC(O)COc1ccccc1OC(C)C.COc1ccccc1OCC(O)CNC(C)C. The Bertz CT molecular complexity index is 1450. The lowest BCUT2D eigenvalue weighted by molar-refractivity contribution is 0.101. The van der Waals surface area contributed by atoms with Crippen molar-refractivity contribution in [2.45, 2.75) is 97.9 Å². The topological polar surface area (TPSA) is 152 Å². The molecule has 0 amide bonds. The molecule has 6 N–H and O–H groups in total. The summed E-state index contributed by atoms with van der Waals surface area (Å²) in [6.45, 7) is 18.6. The predicted octanol–water partition coefficient (Wildman–Crippen LogP) is 5.08. The van der Waals surface area contributed by atoms with Crippen molar-refractivity contribution in [3.63, 3.8) is 0 Å².